The quantitative estimate of drug-likeness (QED) is 0.318. The van der Waals surface area contributed by atoms with Crippen LogP contribution in [0.4, 0.5) is 0 Å². The van der Waals surface area contributed by atoms with E-state index in [0.717, 1.165) is 17.1 Å². The minimum atomic E-state index is 0.449. The molecule has 0 spiro atoms. The number of hydrogen-bond acceptors (Lipinski definition) is 4. The molecule has 2 rings (SSSR count). The summed E-state index contributed by atoms with van der Waals surface area (Å²) in [5.41, 5.74) is 7.04. The molecule has 3 nitrogen and oxygen atoms in total. The van der Waals surface area contributed by atoms with Crippen LogP contribution in [-0.2, 0) is 12.2 Å². The summed E-state index contributed by atoms with van der Waals surface area (Å²) in [6, 6.07) is 2.11. The van der Waals surface area contributed by atoms with E-state index in [0.29, 0.717) is 5.84 Å². The van der Waals surface area contributed by atoms with E-state index < -0.39 is 0 Å². The molecule has 1 aromatic heterocycles. The third kappa shape index (κ3) is 1.66. The van der Waals surface area contributed by atoms with Crippen LogP contribution < -0.4 is 11.6 Å². The number of nitrogens with zero attached hydrogens (tertiary/aromatic N) is 1. The Morgan fingerprint density at radius 1 is 1.54 bits per heavy atom. The number of thioether (sulfide) groups is 1. The second-order valence-electron chi connectivity index (χ2n) is 2.88. The molecule has 0 aromatic carbocycles. The van der Waals surface area contributed by atoms with E-state index in [4.69, 9.17) is 11.6 Å². The highest BCUT2D eigenvalue weighted by Gasteiger charge is 2.14. The van der Waals surface area contributed by atoms with Crippen LogP contribution in [-0.4, -0.2) is 11.6 Å². The Bertz CT molecular complexity index is 320. The first-order valence-corrected chi connectivity index (χ1v) is 6.01. The number of rotatable bonds is 1. The molecule has 0 saturated heterocycles. The van der Waals surface area contributed by atoms with Crippen LogP contribution in [0, 0.1) is 0 Å². The Hall–Kier alpha value is -0.680. The largest absolute Gasteiger partial charge is 0.381 e. The molecule has 0 atom stereocenters. The molecule has 0 unspecified atom stereocenters. The summed E-state index contributed by atoms with van der Waals surface area (Å²) < 4.78 is 0. The Morgan fingerprint density at radius 3 is 3.08 bits per heavy atom. The lowest BCUT2D eigenvalue weighted by Gasteiger charge is -2.08. The van der Waals surface area contributed by atoms with Crippen LogP contribution in [0.2, 0.25) is 0 Å². The van der Waals surface area contributed by atoms with Crippen molar-refractivity contribution in [3.63, 3.8) is 0 Å². The topological polar surface area (TPSA) is 64.4 Å². The number of hydrogen-bond donors (Lipinski definition) is 2. The van der Waals surface area contributed by atoms with Gasteiger partial charge in [0.05, 0.1) is 4.88 Å². The van der Waals surface area contributed by atoms with Gasteiger partial charge >= 0.3 is 0 Å². The minimum Gasteiger partial charge on any atom is -0.381 e. The van der Waals surface area contributed by atoms with Gasteiger partial charge in [-0.05, 0) is 23.8 Å². The lowest BCUT2D eigenvalue weighted by Crippen LogP contribution is -2.13. The third-order valence-electron chi connectivity index (χ3n) is 2.02. The Balaban J connectivity index is 2.35. The van der Waals surface area contributed by atoms with Crippen molar-refractivity contribution in [1.82, 2.24) is 0 Å². The zero-order valence-corrected chi connectivity index (χ0v) is 8.75. The molecule has 4 N–H and O–H groups in total. The van der Waals surface area contributed by atoms with Crippen LogP contribution in [0.3, 0.4) is 0 Å². The highest BCUT2D eigenvalue weighted by Crippen LogP contribution is 2.31. The van der Waals surface area contributed by atoms with Crippen molar-refractivity contribution in [3.8, 4) is 0 Å². The van der Waals surface area contributed by atoms with Gasteiger partial charge in [0.2, 0.25) is 0 Å². The first-order valence-electron chi connectivity index (χ1n) is 4.04. The van der Waals surface area contributed by atoms with Crippen LogP contribution in [0.15, 0.2) is 11.2 Å². The highest BCUT2D eigenvalue weighted by molar-refractivity contribution is 7.98. The molecule has 2 heterocycles. The fourth-order valence-corrected chi connectivity index (χ4v) is 3.62. The smallest absolute Gasteiger partial charge is 0.160 e. The molecule has 0 saturated carbocycles. The monoisotopic (exact) mass is 213 g/mol. The SMILES string of the molecule is NN=C(N)c1cc2c(s1)CCSC2. The first kappa shape index (κ1) is 8.90. The van der Waals surface area contributed by atoms with Gasteiger partial charge in [0, 0.05) is 10.6 Å². The minimum absolute atomic E-state index is 0.449. The molecule has 0 radical (unpaired) electrons. The van der Waals surface area contributed by atoms with Gasteiger partial charge in [-0.1, -0.05) is 0 Å². The van der Waals surface area contributed by atoms with Crippen LogP contribution in [0.1, 0.15) is 15.3 Å². The second-order valence-corrected chi connectivity index (χ2v) is 5.12. The van der Waals surface area contributed by atoms with Crippen molar-refractivity contribution < 1.29 is 0 Å². The Kier molecular flexibility index (Phi) is 2.46. The molecular weight excluding hydrogens is 202 g/mol. The van der Waals surface area contributed by atoms with E-state index in [9.17, 15) is 0 Å². The molecule has 0 aliphatic carbocycles. The maximum Gasteiger partial charge on any atom is 0.160 e. The van der Waals surface area contributed by atoms with Gasteiger partial charge in [0.1, 0.15) is 0 Å². The van der Waals surface area contributed by atoms with E-state index in [1.54, 1.807) is 11.3 Å². The average Bonchev–Trinajstić information content (AvgIpc) is 2.59. The van der Waals surface area contributed by atoms with E-state index in [-0.39, 0.29) is 0 Å². The normalized spacial score (nSPS) is 17.1. The highest BCUT2D eigenvalue weighted by atomic mass is 32.2. The number of aryl methyl sites for hydroxylation is 1. The van der Waals surface area contributed by atoms with Gasteiger partial charge in [-0.15, -0.1) is 11.3 Å². The van der Waals surface area contributed by atoms with Gasteiger partial charge < -0.3 is 11.6 Å². The molecule has 1 aliphatic rings. The van der Waals surface area contributed by atoms with Crippen LogP contribution >= 0.6 is 23.1 Å². The Morgan fingerprint density at radius 2 is 2.38 bits per heavy atom. The predicted octanol–water partition coefficient (Wildman–Crippen LogP) is 1.12. The molecule has 0 amide bonds. The lowest BCUT2D eigenvalue weighted by molar-refractivity contribution is 1.13. The van der Waals surface area contributed by atoms with Crippen molar-refractivity contribution in [2.45, 2.75) is 12.2 Å². The average molecular weight is 213 g/mol. The Labute approximate surface area is 85.2 Å². The summed E-state index contributed by atoms with van der Waals surface area (Å²) in [7, 11) is 0. The summed E-state index contributed by atoms with van der Waals surface area (Å²) in [5.74, 6) is 7.89. The first-order chi connectivity index (χ1) is 6.31. The lowest BCUT2D eigenvalue weighted by atomic mass is 10.2. The van der Waals surface area contributed by atoms with Crippen molar-refractivity contribution in [3.05, 3.63) is 21.4 Å². The van der Waals surface area contributed by atoms with Gasteiger partial charge in [0.15, 0.2) is 5.84 Å². The summed E-state index contributed by atoms with van der Waals surface area (Å²) >= 11 is 3.68. The van der Waals surface area contributed by atoms with E-state index >= 15 is 0 Å². The van der Waals surface area contributed by atoms with Crippen molar-refractivity contribution >= 4 is 28.9 Å². The summed E-state index contributed by atoms with van der Waals surface area (Å²) in [6.45, 7) is 0. The van der Waals surface area contributed by atoms with Gasteiger partial charge in [-0.3, -0.25) is 0 Å². The molecule has 1 aliphatic heterocycles. The third-order valence-corrected chi connectivity index (χ3v) is 4.29. The van der Waals surface area contributed by atoms with Gasteiger partial charge in [-0.2, -0.15) is 16.9 Å². The summed E-state index contributed by atoms with van der Waals surface area (Å²) in [5, 5.41) is 3.50. The molecule has 5 heteroatoms. The zero-order chi connectivity index (χ0) is 9.26. The van der Waals surface area contributed by atoms with Gasteiger partial charge in [0.25, 0.3) is 0 Å². The number of thiophene rings is 1. The fraction of sp³-hybridized carbons (Fsp3) is 0.375. The summed E-state index contributed by atoms with van der Waals surface area (Å²) in [4.78, 5) is 2.45. The second kappa shape index (κ2) is 3.59. The zero-order valence-electron chi connectivity index (χ0n) is 7.12. The van der Waals surface area contributed by atoms with Gasteiger partial charge in [-0.25, -0.2) is 0 Å². The van der Waals surface area contributed by atoms with Crippen molar-refractivity contribution in [2.75, 3.05) is 5.75 Å². The number of hydrazone groups is 1. The summed E-state index contributed by atoms with van der Waals surface area (Å²) in [6.07, 6.45) is 1.16. The molecule has 13 heavy (non-hydrogen) atoms. The molecular formula is C8H11N3S2. The maximum atomic E-state index is 5.63. The van der Waals surface area contributed by atoms with Crippen molar-refractivity contribution in [2.24, 2.45) is 16.7 Å². The van der Waals surface area contributed by atoms with Crippen LogP contribution in [0.5, 0.6) is 0 Å². The fourth-order valence-electron chi connectivity index (χ4n) is 1.34. The molecule has 0 bridgehead atoms. The number of amidine groups is 1. The standard InChI is InChI=1S/C8H11N3S2/c9-8(11-10)7-3-5-4-12-2-1-6(5)13-7/h3H,1-2,4,10H2,(H2,9,11). The molecule has 0 fully saturated rings. The van der Waals surface area contributed by atoms with Crippen molar-refractivity contribution in [1.29, 1.82) is 0 Å². The van der Waals surface area contributed by atoms with Crippen LogP contribution in [0.25, 0.3) is 0 Å². The van der Waals surface area contributed by atoms with E-state index in [1.807, 2.05) is 11.8 Å². The number of fused-ring (bicyclic) bond motifs is 1. The van der Waals surface area contributed by atoms with E-state index in [1.165, 1.54) is 16.2 Å². The molecule has 1 aromatic rings. The molecule has 70 valence electrons. The maximum absolute atomic E-state index is 5.63. The predicted molar refractivity (Wildman–Crippen MR) is 59.1 cm³/mol. The van der Waals surface area contributed by atoms with E-state index in [2.05, 4.69) is 11.2 Å². The number of nitrogens with two attached hydrogens (primary N) is 2.